The van der Waals surface area contributed by atoms with Crippen molar-refractivity contribution in [2.24, 2.45) is 0 Å². The number of halogens is 1. The van der Waals surface area contributed by atoms with Crippen LogP contribution in [0.5, 0.6) is 0 Å². The molecule has 1 aliphatic carbocycles. The summed E-state index contributed by atoms with van der Waals surface area (Å²) in [5.41, 5.74) is 1.09. The normalized spacial score (nSPS) is 21.6. The lowest BCUT2D eigenvalue weighted by Crippen LogP contribution is -3.11. The number of quaternary nitrogens is 1. The molecule has 2 N–H and O–H groups in total. The molecule has 1 unspecified atom stereocenters. The van der Waals surface area contributed by atoms with Crippen molar-refractivity contribution >= 4 is 17.5 Å². The summed E-state index contributed by atoms with van der Waals surface area (Å²) in [6, 6.07) is 8.10. The fourth-order valence-electron chi connectivity index (χ4n) is 3.70. The van der Waals surface area contributed by atoms with Gasteiger partial charge < -0.3 is 10.2 Å². The van der Waals surface area contributed by atoms with Gasteiger partial charge in [-0.3, -0.25) is 4.79 Å². The molecule has 1 aromatic rings. The van der Waals surface area contributed by atoms with Crippen molar-refractivity contribution in [3.8, 4) is 0 Å². The first kappa shape index (κ1) is 14.9. The number of likely N-dealkylation sites (tertiary alicyclic amines) is 1. The molecule has 1 saturated carbocycles. The fourth-order valence-corrected chi connectivity index (χ4v) is 3.83. The van der Waals surface area contributed by atoms with Crippen LogP contribution in [0, 0.1) is 0 Å². The molecule has 1 saturated heterocycles. The molecule has 0 bridgehead atoms. The van der Waals surface area contributed by atoms with Gasteiger partial charge in [0.1, 0.15) is 0 Å². The van der Waals surface area contributed by atoms with E-state index in [2.05, 4.69) is 5.32 Å². The minimum absolute atomic E-state index is 0.0784. The van der Waals surface area contributed by atoms with E-state index >= 15 is 0 Å². The van der Waals surface area contributed by atoms with Gasteiger partial charge in [0.2, 0.25) is 0 Å². The van der Waals surface area contributed by atoms with Gasteiger partial charge in [0.15, 0.2) is 6.04 Å². The second kappa shape index (κ2) is 6.80. The molecular formula is C17H24ClN2O+. The number of hydrogen-bond acceptors (Lipinski definition) is 1. The highest BCUT2D eigenvalue weighted by molar-refractivity contribution is 6.30. The molecule has 3 nitrogen and oxygen atoms in total. The molecule has 1 amide bonds. The van der Waals surface area contributed by atoms with Crippen LogP contribution in [-0.4, -0.2) is 25.0 Å². The van der Waals surface area contributed by atoms with Gasteiger partial charge in [-0.25, -0.2) is 0 Å². The van der Waals surface area contributed by atoms with Gasteiger partial charge in [0.25, 0.3) is 5.91 Å². The van der Waals surface area contributed by atoms with Crippen molar-refractivity contribution in [1.29, 1.82) is 0 Å². The van der Waals surface area contributed by atoms with E-state index in [1.54, 1.807) is 0 Å². The lowest BCUT2D eigenvalue weighted by molar-refractivity contribution is -0.909. The molecule has 0 spiro atoms. The molecular weight excluding hydrogens is 284 g/mol. The second-order valence-electron chi connectivity index (χ2n) is 6.34. The van der Waals surface area contributed by atoms with E-state index in [1.807, 2.05) is 24.3 Å². The van der Waals surface area contributed by atoms with Crippen molar-refractivity contribution in [2.45, 2.75) is 50.6 Å². The highest BCUT2D eigenvalue weighted by Gasteiger charge is 2.34. The van der Waals surface area contributed by atoms with E-state index in [9.17, 15) is 4.79 Å². The van der Waals surface area contributed by atoms with Crippen LogP contribution in [0.2, 0.25) is 5.02 Å². The van der Waals surface area contributed by atoms with Gasteiger partial charge in [0.05, 0.1) is 13.1 Å². The van der Waals surface area contributed by atoms with Crippen LogP contribution in [0.15, 0.2) is 24.3 Å². The standard InChI is InChI=1S/C17H23ClN2O/c18-14-9-7-13(8-10-14)16(20-11-3-4-12-20)17(21)19-15-5-1-2-6-15/h7-10,15-16H,1-6,11-12H2,(H,19,21)/p+1. The first-order valence-corrected chi connectivity index (χ1v) is 8.52. The molecule has 1 atom stereocenters. The summed E-state index contributed by atoms with van der Waals surface area (Å²) >= 11 is 5.99. The predicted molar refractivity (Wildman–Crippen MR) is 84.5 cm³/mol. The van der Waals surface area contributed by atoms with Crippen LogP contribution < -0.4 is 10.2 Å². The van der Waals surface area contributed by atoms with Crippen molar-refractivity contribution in [1.82, 2.24) is 5.32 Å². The maximum absolute atomic E-state index is 12.8. The number of benzene rings is 1. The Morgan fingerprint density at radius 2 is 1.71 bits per heavy atom. The average molecular weight is 308 g/mol. The molecule has 114 valence electrons. The highest BCUT2D eigenvalue weighted by atomic mass is 35.5. The van der Waals surface area contributed by atoms with Crippen LogP contribution in [0.4, 0.5) is 0 Å². The van der Waals surface area contributed by atoms with Crippen molar-refractivity contribution in [3.63, 3.8) is 0 Å². The van der Waals surface area contributed by atoms with E-state index in [0.717, 1.165) is 36.5 Å². The lowest BCUT2D eigenvalue weighted by Gasteiger charge is -2.25. The van der Waals surface area contributed by atoms with Crippen LogP contribution in [0.25, 0.3) is 0 Å². The largest absolute Gasteiger partial charge is 0.348 e. The van der Waals surface area contributed by atoms with Crippen LogP contribution in [0.3, 0.4) is 0 Å². The fraction of sp³-hybridized carbons (Fsp3) is 0.588. The Kier molecular flexibility index (Phi) is 4.81. The Labute approximate surface area is 131 Å². The predicted octanol–water partition coefficient (Wildman–Crippen LogP) is 2.12. The first-order chi connectivity index (χ1) is 10.2. The quantitative estimate of drug-likeness (QED) is 0.878. The molecule has 1 aromatic carbocycles. The molecule has 1 heterocycles. The van der Waals surface area contributed by atoms with Gasteiger partial charge >= 0.3 is 0 Å². The Morgan fingerprint density at radius 1 is 1.10 bits per heavy atom. The van der Waals surface area contributed by atoms with Crippen molar-refractivity contribution in [2.75, 3.05) is 13.1 Å². The molecule has 4 heteroatoms. The Hall–Kier alpha value is -1.06. The number of rotatable bonds is 4. The number of hydrogen-bond donors (Lipinski definition) is 2. The highest BCUT2D eigenvalue weighted by Crippen LogP contribution is 2.20. The van der Waals surface area contributed by atoms with E-state index in [1.165, 1.54) is 30.6 Å². The molecule has 2 aliphatic rings. The second-order valence-corrected chi connectivity index (χ2v) is 6.78. The van der Waals surface area contributed by atoms with Crippen LogP contribution >= 0.6 is 11.6 Å². The van der Waals surface area contributed by atoms with E-state index in [0.29, 0.717) is 6.04 Å². The van der Waals surface area contributed by atoms with Gasteiger partial charge in [-0.2, -0.15) is 0 Å². The first-order valence-electron chi connectivity index (χ1n) is 8.14. The molecule has 3 rings (SSSR count). The third kappa shape index (κ3) is 3.58. The summed E-state index contributed by atoms with van der Waals surface area (Å²) in [4.78, 5) is 14.2. The summed E-state index contributed by atoms with van der Waals surface area (Å²) in [5, 5.41) is 4.00. The summed E-state index contributed by atoms with van der Waals surface area (Å²) in [6.07, 6.45) is 7.19. The number of carbonyl (C=O) groups excluding carboxylic acids is 1. The van der Waals surface area contributed by atoms with Crippen LogP contribution in [-0.2, 0) is 4.79 Å². The smallest absolute Gasteiger partial charge is 0.283 e. The summed E-state index contributed by atoms with van der Waals surface area (Å²) in [6.45, 7) is 2.18. The molecule has 0 radical (unpaired) electrons. The van der Waals surface area contributed by atoms with Crippen molar-refractivity contribution in [3.05, 3.63) is 34.9 Å². The van der Waals surface area contributed by atoms with Gasteiger partial charge in [-0.05, 0) is 25.0 Å². The zero-order valence-corrected chi connectivity index (χ0v) is 13.2. The SMILES string of the molecule is O=C(NC1CCCC1)C(c1ccc(Cl)cc1)[NH+]1CCCC1. The minimum Gasteiger partial charge on any atom is -0.348 e. The Bertz CT molecular complexity index is 476. The third-order valence-electron chi connectivity index (χ3n) is 4.82. The number of nitrogens with one attached hydrogen (secondary N) is 2. The van der Waals surface area contributed by atoms with Gasteiger partial charge in [-0.1, -0.05) is 36.6 Å². The zero-order chi connectivity index (χ0) is 14.7. The summed E-state index contributed by atoms with van der Waals surface area (Å²) in [5.74, 6) is 0.195. The maximum Gasteiger partial charge on any atom is 0.283 e. The van der Waals surface area contributed by atoms with E-state index in [-0.39, 0.29) is 11.9 Å². The topological polar surface area (TPSA) is 33.5 Å². The molecule has 21 heavy (non-hydrogen) atoms. The monoisotopic (exact) mass is 307 g/mol. The lowest BCUT2D eigenvalue weighted by atomic mass is 10.0. The third-order valence-corrected chi connectivity index (χ3v) is 5.07. The van der Waals surface area contributed by atoms with Gasteiger partial charge in [-0.15, -0.1) is 0 Å². The molecule has 1 aliphatic heterocycles. The summed E-state index contributed by atoms with van der Waals surface area (Å²) in [7, 11) is 0. The van der Waals surface area contributed by atoms with Gasteiger partial charge in [0, 0.05) is 29.5 Å². The Morgan fingerprint density at radius 3 is 2.33 bits per heavy atom. The van der Waals surface area contributed by atoms with Crippen LogP contribution in [0.1, 0.15) is 50.1 Å². The Balaban J connectivity index is 1.77. The number of amides is 1. The maximum atomic E-state index is 12.8. The zero-order valence-electron chi connectivity index (χ0n) is 12.4. The van der Waals surface area contributed by atoms with E-state index in [4.69, 9.17) is 11.6 Å². The summed E-state index contributed by atoms with van der Waals surface area (Å²) < 4.78 is 0. The van der Waals surface area contributed by atoms with E-state index < -0.39 is 0 Å². The number of carbonyl (C=O) groups is 1. The van der Waals surface area contributed by atoms with Crippen molar-refractivity contribution < 1.29 is 9.69 Å². The molecule has 2 fully saturated rings. The average Bonchev–Trinajstić information content (AvgIpc) is 3.15. The molecule has 0 aromatic heterocycles. The minimum atomic E-state index is -0.0784.